The maximum absolute atomic E-state index is 11.8. The summed E-state index contributed by atoms with van der Waals surface area (Å²) in [4.78, 5) is 13.5. The van der Waals surface area contributed by atoms with Crippen LogP contribution in [0.2, 0.25) is 0 Å². The van der Waals surface area contributed by atoms with Crippen molar-refractivity contribution in [2.45, 2.75) is 39.0 Å². The molecule has 1 amide bonds. The van der Waals surface area contributed by atoms with E-state index in [1.54, 1.807) is 4.90 Å². The molecule has 2 heterocycles. The van der Waals surface area contributed by atoms with Gasteiger partial charge in [-0.15, -0.1) is 0 Å². The highest BCUT2D eigenvalue weighted by Crippen LogP contribution is 2.15. The first-order valence-corrected chi connectivity index (χ1v) is 7.05. The van der Waals surface area contributed by atoms with E-state index in [1.807, 2.05) is 44.6 Å². The van der Waals surface area contributed by atoms with Crippen molar-refractivity contribution in [2.75, 3.05) is 13.1 Å². The number of nitriles is 1. The van der Waals surface area contributed by atoms with Crippen LogP contribution in [0.3, 0.4) is 0 Å². The predicted molar refractivity (Wildman–Crippen MR) is 78.6 cm³/mol. The summed E-state index contributed by atoms with van der Waals surface area (Å²) in [5.74, 6) is 0. The zero-order chi connectivity index (χ0) is 15.6. The topological polar surface area (TPSA) is 70.3 Å². The molecule has 1 aromatic rings. The van der Waals surface area contributed by atoms with Crippen molar-refractivity contribution < 1.29 is 9.53 Å². The lowest BCUT2D eigenvalue weighted by molar-refractivity contribution is 0.00519. The molecule has 0 saturated carbocycles. The molecule has 6 nitrogen and oxygen atoms in total. The van der Waals surface area contributed by atoms with Crippen LogP contribution in [0.1, 0.15) is 32.0 Å². The third-order valence-corrected chi connectivity index (χ3v) is 3.30. The summed E-state index contributed by atoms with van der Waals surface area (Å²) >= 11 is 0. The average Bonchev–Trinajstić information content (AvgIpc) is 2.65. The Kier molecular flexibility index (Phi) is 4.24. The number of nitrogens with one attached hydrogen (secondary N) is 1. The molecule has 0 radical (unpaired) electrons. The number of amides is 1. The molecule has 0 aliphatic carbocycles. The van der Waals surface area contributed by atoms with E-state index < -0.39 is 5.60 Å². The monoisotopic (exact) mass is 290 g/mol. The van der Waals surface area contributed by atoms with Gasteiger partial charge in [0.15, 0.2) is 0 Å². The molecule has 0 aromatic carbocycles. The molecule has 1 N–H and O–H groups in total. The number of ether oxygens (including phenoxy) is 1. The van der Waals surface area contributed by atoms with Gasteiger partial charge in [-0.05, 0) is 32.4 Å². The molecule has 1 aromatic heterocycles. The second kappa shape index (κ2) is 5.78. The molecule has 0 atom stereocenters. The van der Waals surface area contributed by atoms with E-state index in [1.165, 1.54) is 0 Å². The van der Waals surface area contributed by atoms with E-state index in [0.717, 1.165) is 5.56 Å². The van der Waals surface area contributed by atoms with Crippen molar-refractivity contribution in [2.24, 2.45) is 7.05 Å². The molecule has 2 rings (SSSR count). The molecular formula is C15H22N4O2. The van der Waals surface area contributed by atoms with Gasteiger partial charge >= 0.3 is 6.09 Å². The smallest absolute Gasteiger partial charge is 0.410 e. The first-order valence-electron chi connectivity index (χ1n) is 7.05. The minimum Gasteiger partial charge on any atom is -0.444 e. The highest BCUT2D eigenvalue weighted by atomic mass is 16.6. The SMILES string of the molecule is Cn1cc(CNC2CN(C(=O)OC(C)(C)C)C2)cc1C#N. The average molecular weight is 290 g/mol. The largest absolute Gasteiger partial charge is 0.444 e. The number of nitrogens with zero attached hydrogens (tertiary/aromatic N) is 3. The van der Waals surface area contributed by atoms with Gasteiger partial charge in [0.25, 0.3) is 0 Å². The Hall–Kier alpha value is -2.00. The van der Waals surface area contributed by atoms with Crippen LogP contribution in [0.25, 0.3) is 0 Å². The Morgan fingerprint density at radius 2 is 2.19 bits per heavy atom. The van der Waals surface area contributed by atoms with E-state index in [9.17, 15) is 4.79 Å². The number of rotatable bonds is 3. The lowest BCUT2D eigenvalue weighted by Crippen LogP contribution is -2.60. The van der Waals surface area contributed by atoms with Crippen LogP contribution in [-0.2, 0) is 18.3 Å². The van der Waals surface area contributed by atoms with Gasteiger partial charge in [-0.3, -0.25) is 0 Å². The molecule has 21 heavy (non-hydrogen) atoms. The van der Waals surface area contributed by atoms with Gasteiger partial charge in [-0.25, -0.2) is 4.79 Å². The minimum atomic E-state index is -0.451. The Morgan fingerprint density at radius 3 is 2.71 bits per heavy atom. The fourth-order valence-electron chi connectivity index (χ4n) is 2.19. The van der Waals surface area contributed by atoms with Crippen LogP contribution in [0.4, 0.5) is 4.79 Å². The van der Waals surface area contributed by atoms with E-state index >= 15 is 0 Å². The summed E-state index contributed by atoms with van der Waals surface area (Å²) in [6.45, 7) is 7.61. The zero-order valence-electron chi connectivity index (χ0n) is 13.0. The second-order valence-corrected chi connectivity index (χ2v) is 6.42. The lowest BCUT2D eigenvalue weighted by Gasteiger charge is -2.40. The van der Waals surface area contributed by atoms with Crippen LogP contribution < -0.4 is 5.32 Å². The molecule has 0 unspecified atom stereocenters. The fourth-order valence-corrected chi connectivity index (χ4v) is 2.19. The predicted octanol–water partition coefficient (Wildman–Crippen LogP) is 1.61. The lowest BCUT2D eigenvalue weighted by atomic mass is 10.1. The fraction of sp³-hybridized carbons (Fsp3) is 0.600. The molecule has 6 heteroatoms. The van der Waals surface area contributed by atoms with E-state index in [4.69, 9.17) is 10.00 Å². The Labute approximate surface area is 125 Å². The van der Waals surface area contributed by atoms with E-state index in [2.05, 4.69) is 11.4 Å². The van der Waals surface area contributed by atoms with Gasteiger partial charge in [0, 0.05) is 38.9 Å². The van der Waals surface area contributed by atoms with Gasteiger partial charge in [-0.1, -0.05) is 0 Å². The Bertz CT molecular complexity index is 559. The van der Waals surface area contributed by atoms with E-state index in [-0.39, 0.29) is 12.1 Å². The molecule has 1 saturated heterocycles. The van der Waals surface area contributed by atoms with Crippen LogP contribution in [0.15, 0.2) is 12.3 Å². The van der Waals surface area contributed by atoms with E-state index in [0.29, 0.717) is 25.3 Å². The van der Waals surface area contributed by atoms with Gasteiger partial charge in [0.1, 0.15) is 17.4 Å². The molecule has 0 bridgehead atoms. The molecule has 1 aliphatic rings. The summed E-state index contributed by atoms with van der Waals surface area (Å²) in [6, 6.07) is 4.29. The maximum atomic E-state index is 11.8. The number of carbonyl (C=O) groups is 1. The maximum Gasteiger partial charge on any atom is 0.410 e. The third-order valence-electron chi connectivity index (χ3n) is 3.30. The van der Waals surface area contributed by atoms with Crippen molar-refractivity contribution in [1.29, 1.82) is 5.26 Å². The number of likely N-dealkylation sites (tertiary alicyclic amines) is 1. The van der Waals surface area contributed by atoms with Gasteiger partial charge in [-0.2, -0.15) is 5.26 Å². The normalized spacial score (nSPS) is 15.5. The molecule has 1 aliphatic heterocycles. The first kappa shape index (κ1) is 15.4. The Morgan fingerprint density at radius 1 is 1.52 bits per heavy atom. The zero-order valence-corrected chi connectivity index (χ0v) is 13.0. The highest BCUT2D eigenvalue weighted by molar-refractivity contribution is 5.69. The standard InChI is InChI=1S/C15H22N4O2/c1-15(2,3)21-14(20)19-9-12(10-19)17-7-11-5-13(6-16)18(4)8-11/h5,8,12,17H,7,9-10H2,1-4H3. The van der Waals surface area contributed by atoms with Gasteiger partial charge in [0.05, 0.1) is 0 Å². The summed E-state index contributed by atoms with van der Waals surface area (Å²) in [5.41, 5.74) is 1.27. The minimum absolute atomic E-state index is 0.257. The van der Waals surface area contributed by atoms with Crippen LogP contribution in [0, 0.1) is 11.3 Å². The molecule has 0 spiro atoms. The summed E-state index contributed by atoms with van der Waals surface area (Å²) in [6.07, 6.45) is 1.68. The molecular weight excluding hydrogens is 268 g/mol. The summed E-state index contributed by atoms with van der Waals surface area (Å²) < 4.78 is 7.12. The first-order chi connectivity index (χ1) is 9.78. The molecule has 1 fully saturated rings. The molecule has 114 valence electrons. The number of aromatic nitrogens is 1. The summed E-state index contributed by atoms with van der Waals surface area (Å²) in [5, 5.41) is 12.3. The summed E-state index contributed by atoms with van der Waals surface area (Å²) in [7, 11) is 1.86. The highest BCUT2D eigenvalue weighted by Gasteiger charge is 2.33. The second-order valence-electron chi connectivity index (χ2n) is 6.42. The van der Waals surface area contributed by atoms with Crippen LogP contribution in [-0.4, -0.2) is 40.3 Å². The van der Waals surface area contributed by atoms with Crippen LogP contribution >= 0.6 is 0 Å². The number of hydrogen-bond acceptors (Lipinski definition) is 4. The Balaban J connectivity index is 1.73. The number of aryl methyl sites for hydroxylation is 1. The van der Waals surface area contributed by atoms with Gasteiger partial charge in [0.2, 0.25) is 0 Å². The third kappa shape index (κ3) is 3.99. The van der Waals surface area contributed by atoms with Crippen molar-refractivity contribution in [3.05, 3.63) is 23.5 Å². The van der Waals surface area contributed by atoms with Crippen molar-refractivity contribution in [3.8, 4) is 6.07 Å². The van der Waals surface area contributed by atoms with Crippen molar-refractivity contribution >= 4 is 6.09 Å². The van der Waals surface area contributed by atoms with Crippen molar-refractivity contribution in [3.63, 3.8) is 0 Å². The van der Waals surface area contributed by atoms with Gasteiger partial charge < -0.3 is 19.5 Å². The number of hydrogen-bond donors (Lipinski definition) is 1. The quantitative estimate of drug-likeness (QED) is 0.918. The van der Waals surface area contributed by atoms with Crippen molar-refractivity contribution in [1.82, 2.24) is 14.8 Å². The van der Waals surface area contributed by atoms with Crippen LogP contribution in [0.5, 0.6) is 0 Å². The number of carbonyl (C=O) groups excluding carboxylic acids is 1.